The van der Waals surface area contributed by atoms with E-state index in [4.69, 9.17) is 0 Å². The van der Waals surface area contributed by atoms with E-state index in [1.165, 1.54) is 0 Å². The molecule has 1 fully saturated rings. The summed E-state index contributed by atoms with van der Waals surface area (Å²) >= 11 is 0. The summed E-state index contributed by atoms with van der Waals surface area (Å²) in [5.74, 6) is -2.53. The van der Waals surface area contributed by atoms with Crippen molar-refractivity contribution in [3.05, 3.63) is 29.3 Å². The Morgan fingerprint density at radius 3 is 2.36 bits per heavy atom. The van der Waals surface area contributed by atoms with Crippen LogP contribution in [0.25, 0.3) is 0 Å². The minimum Gasteiger partial charge on any atom is -0.480 e. The third-order valence-corrected chi connectivity index (χ3v) is 4.36. The summed E-state index contributed by atoms with van der Waals surface area (Å²) in [6.45, 7) is 8.17. The van der Waals surface area contributed by atoms with E-state index in [0.29, 0.717) is 19.4 Å². The zero-order valence-electron chi connectivity index (χ0n) is 15.2. The first kappa shape index (κ1) is 19.0. The second-order valence-corrected chi connectivity index (χ2v) is 7.21. The third kappa shape index (κ3) is 4.59. The molecule has 0 spiro atoms. The van der Waals surface area contributed by atoms with Crippen molar-refractivity contribution in [2.24, 2.45) is 11.8 Å². The molecule has 1 aliphatic rings. The molecule has 0 saturated carbocycles. The van der Waals surface area contributed by atoms with Crippen molar-refractivity contribution in [3.8, 4) is 0 Å². The maximum Gasteiger partial charge on any atom is 0.326 e. The normalized spacial score (nSPS) is 18.5. The van der Waals surface area contributed by atoms with Crippen LogP contribution in [-0.2, 0) is 14.4 Å². The first-order chi connectivity index (χ1) is 11.7. The maximum absolute atomic E-state index is 12.7. The van der Waals surface area contributed by atoms with Crippen LogP contribution in [0.3, 0.4) is 0 Å². The third-order valence-electron chi connectivity index (χ3n) is 4.36. The Kier molecular flexibility index (Phi) is 5.82. The van der Waals surface area contributed by atoms with E-state index in [1.807, 2.05) is 45.9 Å². The zero-order valence-corrected chi connectivity index (χ0v) is 15.2. The fraction of sp³-hybridized carbons (Fsp3) is 0.526. The first-order valence-electron chi connectivity index (χ1n) is 8.62. The number of carbonyl (C=O) groups excluding carboxylic acids is 2. The highest BCUT2D eigenvalue weighted by Gasteiger charge is 2.39. The molecule has 1 heterocycles. The van der Waals surface area contributed by atoms with Gasteiger partial charge in [0, 0.05) is 12.2 Å². The van der Waals surface area contributed by atoms with Gasteiger partial charge in [-0.1, -0.05) is 19.9 Å². The van der Waals surface area contributed by atoms with Gasteiger partial charge in [-0.15, -0.1) is 0 Å². The largest absolute Gasteiger partial charge is 0.480 e. The average Bonchev–Trinajstić information content (AvgIpc) is 2.86. The van der Waals surface area contributed by atoms with Crippen LogP contribution in [0.2, 0.25) is 0 Å². The molecular formula is C19H26N2O4. The summed E-state index contributed by atoms with van der Waals surface area (Å²) in [7, 11) is 0. The molecule has 6 nitrogen and oxygen atoms in total. The van der Waals surface area contributed by atoms with Gasteiger partial charge in [0.2, 0.25) is 11.8 Å². The van der Waals surface area contributed by atoms with Gasteiger partial charge >= 0.3 is 5.97 Å². The van der Waals surface area contributed by atoms with Crippen molar-refractivity contribution in [2.45, 2.75) is 46.6 Å². The molecule has 2 N–H and O–H groups in total. The molecule has 0 aliphatic carbocycles. The summed E-state index contributed by atoms with van der Waals surface area (Å²) in [5.41, 5.74) is 2.90. The number of benzene rings is 1. The Morgan fingerprint density at radius 2 is 1.84 bits per heavy atom. The Morgan fingerprint density at radius 1 is 1.24 bits per heavy atom. The van der Waals surface area contributed by atoms with E-state index in [1.54, 1.807) is 4.90 Å². The number of carbonyl (C=O) groups is 3. The van der Waals surface area contributed by atoms with E-state index in [2.05, 4.69) is 5.32 Å². The van der Waals surface area contributed by atoms with Crippen molar-refractivity contribution < 1.29 is 19.5 Å². The number of rotatable bonds is 6. The fourth-order valence-corrected chi connectivity index (χ4v) is 3.25. The van der Waals surface area contributed by atoms with Gasteiger partial charge in [-0.05, 0) is 55.9 Å². The number of aliphatic carboxylic acids is 1. The van der Waals surface area contributed by atoms with Gasteiger partial charge in [-0.2, -0.15) is 0 Å². The number of hydrogen-bond acceptors (Lipinski definition) is 3. The van der Waals surface area contributed by atoms with E-state index in [-0.39, 0.29) is 11.8 Å². The molecule has 1 aromatic rings. The first-order valence-corrected chi connectivity index (χ1v) is 8.62. The number of carboxylic acids is 1. The number of aryl methyl sites for hydroxylation is 2. The molecule has 0 radical (unpaired) electrons. The average molecular weight is 346 g/mol. The van der Waals surface area contributed by atoms with Crippen molar-refractivity contribution in [1.82, 2.24) is 5.32 Å². The maximum atomic E-state index is 12.7. The molecule has 0 aromatic heterocycles. The van der Waals surface area contributed by atoms with Gasteiger partial charge in [0.05, 0.1) is 0 Å². The molecule has 1 aromatic carbocycles. The van der Waals surface area contributed by atoms with Crippen molar-refractivity contribution >= 4 is 23.5 Å². The SMILES string of the molecule is Cc1cc(C)cc(N2CCC(C(=O)NC(CC(C)C)C(=O)O)C2=O)c1. The number of nitrogens with one attached hydrogen (secondary N) is 1. The standard InChI is InChI=1S/C19H26N2O4/c1-11(2)7-16(19(24)25)20-17(22)15-5-6-21(18(15)23)14-9-12(3)8-13(4)10-14/h8-11,15-16H,5-7H2,1-4H3,(H,20,22)(H,24,25). The van der Waals surface area contributed by atoms with Crippen LogP contribution in [0, 0.1) is 25.7 Å². The lowest BCUT2D eigenvalue weighted by molar-refractivity contribution is -0.144. The molecule has 0 bridgehead atoms. The van der Waals surface area contributed by atoms with Crippen LogP contribution in [-0.4, -0.2) is 35.5 Å². The summed E-state index contributed by atoms with van der Waals surface area (Å²) < 4.78 is 0. The number of anilines is 1. The van der Waals surface area contributed by atoms with Crippen molar-refractivity contribution in [2.75, 3.05) is 11.4 Å². The van der Waals surface area contributed by atoms with Crippen LogP contribution in [0.5, 0.6) is 0 Å². The predicted molar refractivity (Wildman–Crippen MR) is 95.4 cm³/mol. The summed E-state index contributed by atoms with van der Waals surface area (Å²) in [6.07, 6.45) is 0.731. The Labute approximate surface area is 148 Å². The van der Waals surface area contributed by atoms with Gasteiger partial charge in [0.1, 0.15) is 12.0 Å². The van der Waals surface area contributed by atoms with E-state index >= 15 is 0 Å². The van der Waals surface area contributed by atoms with Crippen LogP contribution >= 0.6 is 0 Å². The lowest BCUT2D eigenvalue weighted by atomic mass is 10.0. The minimum absolute atomic E-state index is 0.132. The summed E-state index contributed by atoms with van der Waals surface area (Å²) in [6, 6.07) is 4.90. The van der Waals surface area contributed by atoms with Gasteiger partial charge < -0.3 is 15.3 Å². The van der Waals surface area contributed by atoms with Crippen molar-refractivity contribution in [1.29, 1.82) is 0 Å². The quantitative estimate of drug-likeness (QED) is 0.774. The molecule has 2 rings (SSSR count). The number of nitrogens with zero attached hydrogens (tertiary/aromatic N) is 1. The highest BCUT2D eigenvalue weighted by atomic mass is 16.4. The molecular weight excluding hydrogens is 320 g/mol. The molecule has 2 unspecified atom stereocenters. The lowest BCUT2D eigenvalue weighted by Crippen LogP contribution is -2.46. The smallest absolute Gasteiger partial charge is 0.326 e. The molecule has 6 heteroatoms. The predicted octanol–water partition coefficient (Wildman–Crippen LogP) is 2.27. The fourth-order valence-electron chi connectivity index (χ4n) is 3.25. The second kappa shape index (κ2) is 7.68. The number of carboxylic acid groups (broad SMARTS) is 1. The lowest BCUT2D eigenvalue weighted by Gasteiger charge is -2.20. The van der Waals surface area contributed by atoms with E-state index < -0.39 is 23.8 Å². The molecule has 136 valence electrons. The topological polar surface area (TPSA) is 86.7 Å². The van der Waals surface area contributed by atoms with E-state index in [0.717, 1.165) is 16.8 Å². The van der Waals surface area contributed by atoms with E-state index in [9.17, 15) is 19.5 Å². The molecule has 2 atom stereocenters. The Bertz CT molecular complexity index is 664. The van der Waals surface area contributed by atoms with Crippen molar-refractivity contribution in [3.63, 3.8) is 0 Å². The number of amides is 2. The summed E-state index contributed by atoms with van der Waals surface area (Å²) in [5, 5.41) is 11.8. The zero-order chi connectivity index (χ0) is 18.7. The number of hydrogen-bond donors (Lipinski definition) is 2. The van der Waals surface area contributed by atoms with Crippen LogP contribution in [0.15, 0.2) is 18.2 Å². The summed E-state index contributed by atoms with van der Waals surface area (Å²) in [4.78, 5) is 38.0. The molecule has 1 aliphatic heterocycles. The molecule has 1 saturated heterocycles. The second-order valence-electron chi connectivity index (χ2n) is 7.21. The Hall–Kier alpha value is -2.37. The molecule has 2 amide bonds. The van der Waals surface area contributed by atoms with Gasteiger partial charge in [0.15, 0.2) is 0 Å². The van der Waals surface area contributed by atoms with Crippen LogP contribution in [0.4, 0.5) is 5.69 Å². The van der Waals surface area contributed by atoms with Gasteiger partial charge in [0.25, 0.3) is 0 Å². The monoisotopic (exact) mass is 346 g/mol. The van der Waals surface area contributed by atoms with Gasteiger partial charge in [-0.3, -0.25) is 9.59 Å². The molecule has 25 heavy (non-hydrogen) atoms. The highest BCUT2D eigenvalue weighted by molar-refractivity contribution is 6.10. The van der Waals surface area contributed by atoms with Crippen LogP contribution < -0.4 is 10.2 Å². The Balaban J connectivity index is 2.10. The van der Waals surface area contributed by atoms with Gasteiger partial charge in [-0.25, -0.2) is 4.79 Å². The highest BCUT2D eigenvalue weighted by Crippen LogP contribution is 2.27. The minimum atomic E-state index is -1.07. The van der Waals surface area contributed by atoms with Crippen LogP contribution in [0.1, 0.15) is 37.8 Å².